The lowest BCUT2D eigenvalue weighted by molar-refractivity contribution is 1.58. The van der Waals surface area contributed by atoms with Crippen LogP contribution >= 0.6 is 35.4 Å². The van der Waals surface area contributed by atoms with Crippen molar-refractivity contribution in [1.82, 2.24) is 5.73 Å². The minimum absolute atomic E-state index is 0.106. The summed E-state index contributed by atoms with van der Waals surface area (Å²) in [6.07, 6.45) is 0. The summed E-state index contributed by atoms with van der Waals surface area (Å²) in [6, 6.07) is 5.07. The van der Waals surface area contributed by atoms with Crippen LogP contribution in [0.1, 0.15) is 0 Å². The van der Waals surface area contributed by atoms with Crippen LogP contribution in [-0.2, 0) is 0 Å². The Kier molecular flexibility index (Phi) is 3.14. The third-order valence-electron chi connectivity index (χ3n) is 1.20. The summed E-state index contributed by atoms with van der Waals surface area (Å²) < 4.78 is 0. The normalized spacial score (nSPS) is 9.50. The van der Waals surface area contributed by atoms with Gasteiger partial charge in [0.15, 0.2) is 5.11 Å². The van der Waals surface area contributed by atoms with Crippen molar-refractivity contribution in [3.8, 4) is 0 Å². The van der Waals surface area contributed by atoms with E-state index in [0.29, 0.717) is 15.7 Å². The van der Waals surface area contributed by atoms with E-state index in [0.717, 1.165) is 0 Å². The number of anilines is 1. The summed E-state index contributed by atoms with van der Waals surface area (Å²) in [4.78, 5) is 0. The highest BCUT2D eigenvalue weighted by molar-refractivity contribution is 7.80. The Morgan fingerprint density at radius 2 is 1.83 bits per heavy atom. The van der Waals surface area contributed by atoms with E-state index in [9.17, 15) is 0 Å². The van der Waals surface area contributed by atoms with Crippen molar-refractivity contribution in [1.29, 1.82) is 0 Å². The number of hydrogen-bond acceptors (Lipinski definition) is 1. The number of halogens is 2. The molecule has 2 nitrogen and oxygen atoms in total. The second kappa shape index (κ2) is 3.94. The van der Waals surface area contributed by atoms with Crippen LogP contribution in [0.2, 0.25) is 10.0 Å². The maximum atomic E-state index is 7.01. The lowest BCUT2D eigenvalue weighted by atomic mass is 10.3. The standard InChI is InChI=1S/C7H5Cl2N2S/c8-4-2-1-3-5(9)6(4)11-7(10)12/h1-3,10H,(H,11,12). The van der Waals surface area contributed by atoms with E-state index in [1.807, 2.05) is 0 Å². The lowest BCUT2D eigenvalue weighted by Gasteiger charge is -2.06. The zero-order valence-electron chi connectivity index (χ0n) is 5.90. The van der Waals surface area contributed by atoms with Crippen LogP contribution in [0.15, 0.2) is 18.2 Å². The van der Waals surface area contributed by atoms with Gasteiger partial charge in [0.1, 0.15) is 0 Å². The Bertz CT molecular complexity index is 294. The predicted molar refractivity (Wildman–Crippen MR) is 55.8 cm³/mol. The van der Waals surface area contributed by atoms with Gasteiger partial charge in [-0.3, -0.25) is 5.73 Å². The molecule has 0 fully saturated rings. The maximum absolute atomic E-state index is 7.01. The van der Waals surface area contributed by atoms with Gasteiger partial charge in [0.2, 0.25) is 0 Å². The first kappa shape index (κ1) is 9.58. The first-order chi connectivity index (χ1) is 5.61. The van der Waals surface area contributed by atoms with Crippen LogP contribution < -0.4 is 11.1 Å². The highest BCUT2D eigenvalue weighted by Crippen LogP contribution is 2.29. The molecule has 0 saturated carbocycles. The first-order valence-electron chi connectivity index (χ1n) is 3.08. The van der Waals surface area contributed by atoms with E-state index in [1.165, 1.54) is 0 Å². The molecule has 0 aliphatic heterocycles. The van der Waals surface area contributed by atoms with Gasteiger partial charge >= 0.3 is 0 Å². The number of para-hydroxylation sites is 1. The van der Waals surface area contributed by atoms with Crippen LogP contribution in [0, 0.1) is 0 Å². The maximum Gasteiger partial charge on any atom is 0.189 e. The molecule has 0 spiro atoms. The summed E-state index contributed by atoms with van der Waals surface area (Å²) in [5, 5.41) is 3.38. The fourth-order valence-corrected chi connectivity index (χ4v) is 1.32. The van der Waals surface area contributed by atoms with Crippen molar-refractivity contribution in [2.24, 2.45) is 0 Å². The summed E-state index contributed by atoms with van der Waals surface area (Å²) in [7, 11) is 0. The summed E-state index contributed by atoms with van der Waals surface area (Å²) in [5.74, 6) is 0. The average Bonchev–Trinajstić information content (AvgIpc) is 1.97. The monoisotopic (exact) mass is 219 g/mol. The van der Waals surface area contributed by atoms with Crippen molar-refractivity contribution >= 4 is 46.2 Å². The molecule has 0 bridgehead atoms. The lowest BCUT2D eigenvalue weighted by Crippen LogP contribution is -2.09. The number of hydrogen-bond donors (Lipinski definition) is 1. The number of rotatable bonds is 1. The van der Waals surface area contributed by atoms with Crippen molar-refractivity contribution in [2.45, 2.75) is 0 Å². The predicted octanol–water partition coefficient (Wildman–Crippen LogP) is 2.97. The van der Waals surface area contributed by atoms with Gasteiger partial charge in [-0.2, -0.15) is 0 Å². The molecule has 0 saturated heterocycles. The van der Waals surface area contributed by atoms with E-state index in [1.54, 1.807) is 18.2 Å². The van der Waals surface area contributed by atoms with E-state index >= 15 is 0 Å². The third kappa shape index (κ3) is 2.24. The number of thiocarbonyl (C=S) groups is 1. The minimum atomic E-state index is -0.106. The molecule has 0 amide bonds. The molecule has 1 rings (SSSR count). The Hall–Kier alpha value is -0.510. The van der Waals surface area contributed by atoms with Crippen molar-refractivity contribution in [2.75, 3.05) is 5.32 Å². The molecule has 1 radical (unpaired) electrons. The van der Waals surface area contributed by atoms with Crippen LogP contribution in [0.25, 0.3) is 0 Å². The van der Waals surface area contributed by atoms with Crippen LogP contribution in [0.4, 0.5) is 5.69 Å². The minimum Gasteiger partial charge on any atom is -0.329 e. The zero-order chi connectivity index (χ0) is 9.14. The highest BCUT2D eigenvalue weighted by atomic mass is 35.5. The van der Waals surface area contributed by atoms with Crippen LogP contribution in [-0.4, -0.2) is 5.11 Å². The Morgan fingerprint density at radius 3 is 2.25 bits per heavy atom. The summed E-state index contributed by atoms with van der Waals surface area (Å²) in [6.45, 7) is 0. The van der Waals surface area contributed by atoms with Gasteiger partial charge in [-0.15, -0.1) is 0 Å². The molecule has 0 aliphatic rings. The molecule has 0 unspecified atom stereocenters. The molecule has 0 atom stereocenters. The Morgan fingerprint density at radius 1 is 1.33 bits per heavy atom. The summed E-state index contributed by atoms with van der Waals surface area (Å²) >= 11 is 16.1. The molecule has 2 N–H and O–H groups in total. The highest BCUT2D eigenvalue weighted by Gasteiger charge is 2.04. The quantitative estimate of drug-likeness (QED) is 0.738. The second-order valence-corrected chi connectivity index (χ2v) is 3.27. The number of benzene rings is 1. The van der Waals surface area contributed by atoms with Crippen molar-refractivity contribution < 1.29 is 0 Å². The molecule has 1 aromatic carbocycles. The van der Waals surface area contributed by atoms with Gasteiger partial charge in [-0.25, -0.2) is 0 Å². The van der Waals surface area contributed by atoms with E-state index in [2.05, 4.69) is 17.5 Å². The van der Waals surface area contributed by atoms with Crippen LogP contribution in [0.5, 0.6) is 0 Å². The molecular weight excluding hydrogens is 215 g/mol. The van der Waals surface area contributed by atoms with E-state index in [-0.39, 0.29) is 5.11 Å². The molecule has 5 heteroatoms. The fraction of sp³-hybridized carbons (Fsp3) is 0. The largest absolute Gasteiger partial charge is 0.329 e. The Labute approximate surface area is 85.7 Å². The van der Waals surface area contributed by atoms with Gasteiger partial charge < -0.3 is 5.32 Å². The molecule has 0 aliphatic carbocycles. The fourth-order valence-electron chi connectivity index (χ4n) is 0.731. The molecule has 0 heterocycles. The molecule has 63 valence electrons. The van der Waals surface area contributed by atoms with Crippen molar-refractivity contribution in [3.05, 3.63) is 28.2 Å². The van der Waals surface area contributed by atoms with E-state index < -0.39 is 0 Å². The van der Waals surface area contributed by atoms with Gasteiger partial charge in [-0.1, -0.05) is 29.3 Å². The Balaban J connectivity index is 3.04. The van der Waals surface area contributed by atoms with E-state index in [4.69, 9.17) is 28.9 Å². The molecule has 1 aromatic rings. The van der Waals surface area contributed by atoms with Crippen molar-refractivity contribution in [3.63, 3.8) is 0 Å². The molecular formula is C7H5Cl2N2S. The summed E-state index contributed by atoms with van der Waals surface area (Å²) in [5.41, 5.74) is 7.50. The van der Waals surface area contributed by atoms with Gasteiger partial charge in [0.05, 0.1) is 15.7 Å². The zero-order valence-corrected chi connectivity index (χ0v) is 8.22. The third-order valence-corrected chi connectivity index (χ3v) is 1.93. The van der Waals surface area contributed by atoms with Crippen LogP contribution in [0.3, 0.4) is 0 Å². The second-order valence-electron chi connectivity index (χ2n) is 2.05. The topological polar surface area (TPSA) is 35.8 Å². The smallest absolute Gasteiger partial charge is 0.189 e. The SMILES string of the molecule is [NH]C(=S)Nc1c(Cl)cccc1Cl. The first-order valence-corrected chi connectivity index (χ1v) is 4.24. The van der Waals surface area contributed by atoms with Gasteiger partial charge in [0.25, 0.3) is 0 Å². The molecule has 0 aromatic heterocycles. The average molecular weight is 220 g/mol. The van der Waals surface area contributed by atoms with Gasteiger partial charge in [0, 0.05) is 0 Å². The molecule has 12 heavy (non-hydrogen) atoms. The van der Waals surface area contributed by atoms with Gasteiger partial charge in [-0.05, 0) is 24.4 Å². The number of nitrogens with one attached hydrogen (secondary N) is 2.